The molecule has 2 rings (SSSR count). The fourth-order valence-electron chi connectivity index (χ4n) is 2.29. The molecule has 0 saturated heterocycles. The molecule has 1 saturated carbocycles. The number of rotatable bonds is 3. The first-order valence-corrected chi connectivity index (χ1v) is 5.98. The Bertz CT molecular complexity index is 343. The Morgan fingerprint density at radius 2 is 2.07 bits per heavy atom. The highest BCUT2D eigenvalue weighted by Crippen LogP contribution is 2.33. The van der Waals surface area contributed by atoms with Gasteiger partial charge in [0.2, 0.25) is 0 Å². The second-order valence-electron chi connectivity index (χ2n) is 5.01. The van der Waals surface area contributed by atoms with Crippen LogP contribution < -0.4 is 5.32 Å². The maximum absolute atomic E-state index is 3.57. The lowest BCUT2D eigenvalue weighted by atomic mass is 9.75. The Balaban J connectivity index is 1.93. The molecule has 1 aromatic rings. The summed E-state index contributed by atoms with van der Waals surface area (Å²) in [5.41, 5.74) is 4.01. The quantitative estimate of drug-likeness (QED) is 0.788. The third-order valence-electron chi connectivity index (χ3n) is 3.73. The molecule has 1 nitrogen and oxygen atoms in total. The third-order valence-corrected chi connectivity index (χ3v) is 3.73. The second kappa shape index (κ2) is 4.26. The first kappa shape index (κ1) is 10.5. The molecule has 0 unspecified atom stereocenters. The molecule has 1 aliphatic carbocycles. The number of hydrogen-bond donors (Lipinski definition) is 1. The van der Waals surface area contributed by atoms with Gasteiger partial charge >= 0.3 is 0 Å². The predicted molar refractivity (Wildman–Crippen MR) is 66.3 cm³/mol. The summed E-state index contributed by atoms with van der Waals surface area (Å²) >= 11 is 0. The molecule has 0 heterocycles. The zero-order valence-electron chi connectivity index (χ0n) is 10.0. The predicted octanol–water partition coefficient (Wildman–Crippen LogP) is 3.76. The molecule has 1 N–H and O–H groups in total. The fourth-order valence-corrected chi connectivity index (χ4v) is 2.29. The van der Waals surface area contributed by atoms with Gasteiger partial charge < -0.3 is 5.32 Å². The lowest BCUT2D eigenvalue weighted by Gasteiger charge is -2.34. The van der Waals surface area contributed by atoms with Crippen LogP contribution in [0, 0.1) is 25.7 Å². The molecule has 1 fully saturated rings. The van der Waals surface area contributed by atoms with Crippen molar-refractivity contribution in [3.63, 3.8) is 0 Å². The molecule has 1 aromatic carbocycles. The molecule has 0 radical (unpaired) electrons. The van der Waals surface area contributed by atoms with Crippen LogP contribution in [0.5, 0.6) is 0 Å². The van der Waals surface area contributed by atoms with E-state index in [4.69, 9.17) is 0 Å². The summed E-state index contributed by atoms with van der Waals surface area (Å²) in [4.78, 5) is 0. The molecule has 0 aromatic heterocycles. The van der Waals surface area contributed by atoms with Crippen LogP contribution >= 0.6 is 0 Å². The summed E-state index contributed by atoms with van der Waals surface area (Å²) in [7, 11) is 0. The van der Waals surface area contributed by atoms with E-state index in [1.165, 1.54) is 29.7 Å². The van der Waals surface area contributed by atoms with Crippen molar-refractivity contribution in [1.82, 2.24) is 0 Å². The van der Waals surface area contributed by atoms with Crippen LogP contribution in [-0.2, 0) is 0 Å². The number of nitrogens with one attached hydrogen (secondary N) is 1. The minimum absolute atomic E-state index is 0.894. The zero-order chi connectivity index (χ0) is 10.8. The van der Waals surface area contributed by atoms with Crippen LogP contribution in [0.15, 0.2) is 18.2 Å². The van der Waals surface area contributed by atoms with Crippen molar-refractivity contribution in [2.45, 2.75) is 33.6 Å². The van der Waals surface area contributed by atoms with Crippen molar-refractivity contribution in [3.8, 4) is 0 Å². The van der Waals surface area contributed by atoms with Crippen molar-refractivity contribution >= 4 is 5.69 Å². The SMILES string of the molecule is Cc1ccc(NC[C@H]2CC[C@@H]2C)c(C)c1. The monoisotopic (exact) mass is 203 g/mol. The van der Waals surface area contributed by atoms with Gasteiger partial charge in [0.25, 0.3) is 0 Å². The normalized spacial score (nSPS) is 24.7. The van der Waals surface area contributed by atoms with E-state index in [0.717, 1.165) is 18.4 Å². The van der Waals surface area contributed by atoms with E-state index in [-0.39, 0.29) is 0 Å². The van der Waals surface area contributed by atoms with Crippen molar-refractivity contribution in [1.29, 1.82) is 0 Å². The average Bonchev–Trinajstić information content (AvgIpc) is 2.19. The zero-order valence-corrected chi connectivity index (χ0v) is 10.0. The standard InChI is InChI=1S/C14H21N/c1-10-4-7-14(12(3)8-10)15-9-13-6-5-11(13)2/h4,7-8,11,13,15H,5-6,9H2,1-3H3/t11-,13+/m0/s1. The lowest BCUT2D eigenvalue weighted by Crippen LogP contribution is -2.29. The van der Waals surface area contributed by atoms with Crippen molar-refractivity contribution in [2.75, 3.05) is 11.9 Å². The number of benzene rings is 1. The summed E-state index contributed by atoms with van der Waals surface area (Å²) < 4.78 is 0. The van der Waals surface area contributed by atoms with E-state index < -0.39 is 0 Å². The molecule has 0 amide bonds. The largest absolute Gasteiger partial charge is 0.385 e. The molecular formula is C14H21N. The smallest absolute Gasteiger partial charge is 0.0370 e. The van der Waals surface area contributed by atoms with E-state index >= 15 is 0 Å². The van der Waals surface area contributed by atoms with E-state index in [2.05, 4.69) is 44.3 Å². The lowest BCUT2D eigenvalue weighted by molar-refractivity contribution is 0.210. The van der Waals surface area contributed by atoms with Gasteiger partial charge in [0.05, 0.1) is 0 Å². The van der Waals surface area contributed by atoms with Crippen LogP contribution in [0.25, 0.3) is 0 Å². The molecule has 1 heteroatoms. The molecule has 82 valence electrons. The van der Waals surface area contributed by atoms with Crippen LogP contribution in [0.1, 0.15) is 30.9 Å². The first-order chi connectivity index (χ1) is 7.16. The molecule has 0 aliphatic heterocycles. The van der Waals surface area contributed by atoms with E-state index in [1.54, 1.807) is 0 Å². The fraction of sp³-hybridized carbons (Fsp3) is 0.571. The number of aryl methyl sites for hydroxylation is 2. The Morgan fingerprint density at radius 1 is 1.27 bits per heavy atom. The molecule has 2 atom stereocenters. The first-order valence-electron chi connectivity index (χ1n) is 5.98. The van der Waals surface area contributed by atoms with Gasteiger partial charge in [0.1, 0.15) is 0 Å². The molecular weight excluding hydrogens is 182 g/mol. The van der Waals surface area contributed by atoms with E-state index in [0.29, 0.717) is 0 Å². The Labute approximate surface area is 92.9 Å². The van der Waals surface area contributed by atoms with Crippen molar-refractivity contribution in [3.05, 3.63) is 29.3 Å². The summed E-state index contributed by atoms with van der Waals surface area (Å²) in [6.07, 6.45) is 2.82. The van der Waals surface area contributed by atoms with Gasteiger partial charge in [-0.2, -0.15) is 0 Å². The Morgan fingerprint density at radius 3 is 2.60 bits per heavy atom. The number of hydrogen-bond acceptors (Lipinski definition) is 1. The van der Waals surface area contributed by atoms with Gasteiger partial charge in [0.15, 0.2) is 0 Å². The summed E-state index contributed by atoms with van der Waals surface area (Å²) in [6, 6.07) is 6.63. The van der Waals surface area contributed by atoms with E-state index in [1.807, 2.05) is 0 Å². The van der Waals surface area contributed by atoms with Crippen LogP contribution in [-0.4, -0.2) is 6.54 Å². The Kier molecular flexibility index (Phi) is 2.99. The molecule has 0 bridgehead atoms. The van der Waals surface area contributed by atoms with Gasteiger partial charge in [0, 0.05) is 12.2 Å². The van der Waals surface area contributed by atoms with Gasteiger partial charge in [-0.1, -0.05) is 31.0 Å². The van der Waals surface area contributed by atoms with Crippen molar-refractivity contribution in [2.24, 2.45) is 11.8 Å². The minimum Gasteiger partial charge on any atom is -0.385 e. The maximum Gasteiger partial charge on any atom is 0.0370 e. The van der Waals surface area contributed by atoms with Gasteiger partial charge in [-0.25, -0.2) is 0 Å². The topological polar surface area (TPSA) is 12.0 Å². The molecule has 1 aliphatic rings. The highest BCUT2D eigenvalue weighted by molar-refractivity contribution is 5.51. The van der Waals surface area contributed by atoms with Gasteiger partial charge in [-0.15, -0.1) is 0 Å². The van der Waals surface area contributed by atoms with Crippen LogP contribution in [0.3, 0.4) is 0 Å². The van der Waals surface area contributed by atoms with Crippen LogP contribution in [0.2, 0.25) is 0 Å². The second-order valence-corrected chi connectivity index (χ2v) is 5.01. The van der Waals surface area contributed by atoms with Crippen molar-refractivity contribution < 1.29 is 0 Å². The maximum atomic E-state index is 3.57. The highest BCUT2D eigenvalue weighted by Gasteiger charge is 2.26. The number of anilines is 1. The van der Waals surface area contributed by atoms with E-state index in [9.17, 15) is 0 Å². The summed E-state index contributed by atoms with van der Waals surface area (Å²) in [6.45, 7) is 7.83. The van der Waals surface area contributed by atoms with Gasteiger partial charge in [-0.05, 0) is 43.7 Å². The van der Waals surface area contributed by atoms with Gasteiger partial charge in [-0.3, -0.25) is 0 Å². The molecule has 15 heavy (non-hydrogen) atoms. The third kappa shape index (κ3) is 2.34. The summed E-state index contributed by atoms with van der Waals surface area (Å²) in [5, 5.41) is 3.57. The summed E-state index contributed by atoms with van der Waals surface area (Å²) in [5.74, 6) is 1.81. The van der Waals surface area contributed by atoms with Crippen LogP contribution in [0.4, 0.5) is 5.69 Å². The molecule has 0 spiro atoms. The Hall–Kier alpha value is -0.980. The minimum atomic E-state index is 0.894. The average molecular weight is 203 g/mol. The highest BCUT2D eigenvalue weighted by atomic mass is 14.9.